The third-order valence-corrected chi connectivity index (χ3v) is 5.49. The standard InChI is InChI=1S/C17H19BrF2N2O3/c1-9-21-17(11-5-13(18)15(20)6-14(11)19)8-25-10(7-24-3)4-12(17)16(23)22(9)2/h5-6,10,12,21H,1,4,7-8H2,2-3H3/t10-,12+,17-/m1/s1. The summed E-state index contributed by atoms with van der Waals surface area (Å²) in [6.45, 7) is 4.21. The summed E-state index contributed by atoms with van der Waals surface area (Å²) in [5.41, 5.74) is -0.977. The molecule has 0 spiro atoms. The summed E-state index contributed by atoms with van der Waals surface area (Å²) >= 11 is 3.09. The third kappa shape index (κ3) is 2.96. The number of carbonyl (C=O) groups excluding carboxylic acids is 1. The van der Waals surface area contributed by atoms with Gasteiger partial charge in [-0.2, -0.15) is 0 Å². The predicted molar refractivity (Wildman–Crippen MR) is 90.5 cm³/mol. The number of halogens is 3. The fourth-order valence-corrected chi connectivity index (χ4v) is 3.87. The van der Waals surface area contributed by atoms with E-state index in [1.807, 2.05) is 0 Å². The van der Waals surface area contributed by atoms with Crippen molar-refractivity contribution in [3.05, 3.63) is 46.2 Å². The van der Waals surface area contributed by atoms with Gasteiger partial charge in [0.2, 0.25) is 5.91 Å². The van der Waals surface area contributed by atoms with Gasteiger partial charge in [-0.05, 0) is 28.4 Å². The molecule has 3 rings (SSSR count). The van der Waals surface area contributed by atoms with Gasteiger partial charge < -0.3 is 19.7 Å². The van der Waals surface area contributed by atoms with Gasteiger partial charge in [0.15, 0.2) is 0 Å². The fourth-order valence-electron chi connectivity index (χ4n) is 3.52. The number of nitrogens with one attached hydrogen (secondary N) is 1. The number of hydrogen-bond donors (Lipinski definition) is 1. The highest BCUT2D eigenvalue weighted by Crippen LogP contribution is 2.44. The van der Waals surface area contributed by atoms with Crippen LogP contribution in [0.2, 0.25) is 0 Å². The van der Waals surface area contributed by atoms with Crippen LogP contribution in [-0.2, 0) is 19.8 Å². The van der Waals surface area contributed by atoms with Gasteiger partial charge in [0.05, 0.1) is 29.7 Å². The summed E-state index contributed by atoms with van der Waals surface area (Å²) in [6.07, 6.45) is 0.0757. The van der Waals surface area contributed by atoms with Crippen molar-refractivity contribution in [2.75, 3.05) is 27.4 Å². The number of nitrogens with zero attached hydrogens (tertiary/aromatic N) is 1. The topological polar surface area (TPSA) is 50.8 Å². The van der Waals surface area contributed by atoms with Crippen molar-refractivity contribution in [3.8, 4) is 0 Å². The Labute approximate surface area is 153 Å². The van der Waals surface area contributed by atoms with E-state index in [-0.39, 0.29) is 28.7 Å². The van der Waals surface area contributed by atoms with Gasteiger partial charge in [-0.3, -0.25) is 4.79 Å². The summed E-state index contributed by atoms with van der Waals surface area (Å²) in [4.78, 5) is 14.3. The molecule has 0 bridgehead atoms. The molecule has 2 aliphatic rings. The Kier molecular flexibility index (Phi) is 4.87. The van der Waals surface area contributed by atoms with Crippen LogP contribution in [0.1, 0.15) is 12.0 Å². The molecule has 2 heterocycles. The predicted octanol–water partition coefficient (Wildman–Crippen LogP) is 2.51. The van der Waals surface area contributed by atoms with E-state index in [1.54, 1.807) is 14.2 Å². The number of amides is 1. The molecule has 136 valence electrons. The van der Waals surface area contributed by atoms with E-state index in [1.165, 1.54) is 11.0 Å². The number of methoxy groups -OCH3 is 1. The lowest BCUT2D eigenvalue weighted by atomic mass is 9.71. The van der Waals surface area contributed by atoms with Crippen molar-refractivity contribution in [1.82, 2.24) is 10.2 Å². The Hall–Kier alpha value is -1.51. The van der Waals surface area contributed by atoms with Crippen molar-refractivity contribution >= 4 is 21.8 Å². The SMILES string of the molecule is C=C1N[C@@]2(c3cc(Br)c(F)cc3F)CO[C@@H](COC)C[C@H]2C(=O)N1C. The molecule has 2 saturated heterocycles. The van der Waals surface area contributed by atoms with Crippen LogP contribution in [0.25, 0.3) is 0 Å². The molecule has 0 aliphatic carbocycles. The highest BCUT2D eigenvalue weighted by atomic mass is 79.9. The molecule has 2 aliphatic heterocycles. The Morgan fingerprint density at radius 1 is 1.48 bits per heavy atom. The lowest BCUT2D eigenvalue weighted by Gasteiger charge is -2.52. The number of fused-ring (bicyclic) bond motifs is 1. The van der Waals surface area contributed by atoms with Crippen LogP contribution in [0.3, 0.4) is 0 Å². The highest BCUT2D eigenvalue weighted by molar-refractivity contribution is 9.10. The molecule has 8 heteroatoms. The maximum atomic E-state index is 14.6. The maximum Gasteiger partial charge on any atom is 0.233 e. The molecular weight excluding hydrogens is 398 g/mol. The molecule has 3 atom stereocenters. The van der Waals surface area contributed by atoms with Crippen LogP contribution in [-0.4, -0.2) is 44.3 Å². The summed E-state index contributed by atoms with van der Waals surface area (Å²) < 4.78 is 39.4. The fraction of sp³-hybridized carbons (Fsp3) is 0.471. The monoisotopic (exact) mass is 416 g/mol. The number of ether oxygens (including phenoxy) is 2. The average Bonchev–Trinajstić information content (AvgIpc) is 2.57. The first kappa shape index (κ1) is 18.3. The first-order valence-electron chi connectivity index (χ1n) is 7.80. The minimum absolute atomic E-state index is 0.0410. The van der Waals surface area contributed by atoms with Gasteiger partial charge in [0, 0.05) is 25.8 Å². The quantitative estimate of drug-likeness (QED) is 0.769. The maximum absolute atomic E-state index is 14.6. The van der Waals surface area contributed by atoms with Crippen LogP contribution in [0.5, 0.6) is 0 Å². The van der Waals surface area contributed by atoms with Crippen molar-refractivity contribution in [3.63, 3.8) is 0 Å². The smallest absolute Gasteiger partial charge is 0.233 e. The van der Waals surface area contributed by atoms with Crippen LogP contribution < -0.4 is 5.32 Å². The zero-order valence-electron chi connectivity index (χ0n) is 13.9. The van der Waals surface area contributed by atoms with Crippen LogP contribution in [0.15, 0.2) is 29.0 Å². The van der Waals surface area contributed by atoms with Crippen molar-refractivity contribution in [2.24, 2.45) is 5.92 Å². The molecule has 5 nitrogen and oxygen atoms in total. The summed E-state index contributed by atoms with van der Waals surface area (Å²) in [6, 6.07) is 2.16. The lowest BCUT2D eigenvalue weighted by molar-refractivity contribution is -0.157. The van der Waals surface area contributed by atoms with E-state index in [4.69, 9.17) is 9.47 Å². The van der Waals surface area contributed by atoms with Gasteiger partial charge >= 0.3 is 0 Å². The van der Waals surface area contributed by atoms with E-state index in [0.29, 0.717) is 18.8 Å². The first-order chi connectivity index (χ1) is 11.8. The average molecular weight is 417 g/mol. The molecule has 0 saturated carbocycles. The largest absolute Gasteiger partial charge is 0.382 e. The van der Waals surface area contributed by atoms with Crippen LogP contribution in [0.4, 0.5) is 8.78 Å². The molecule has 1 aromatic carbocycles. The third-order valence-electron chi connectivity index (χ3n) is 4.88. The van der Waals surface area contributed by atoms with Gasteiger partial charge in [-0.25, -0.2) is 8.78 Å². The number of benzene rings is 1. The summed E-state index contributed by atoms with van der Waals surface area (Å²) in [5.74, 6) is -1.88. The van der Waals surface area contributed by atoms with E-state index in [9.17, 15) is 13.6 Å². The second-order valence-corrected chi connectivity index (χ2v) is 7.22. The second kappa shape index (κ2) is 6.66. The Bertz CT molecular complexity index is 730. The molecule has 0 aromatic heterocycles. The minimum atomic E-state index is -1.15. The zero-order valence-corrected chi connectivity index (χ0v) is 15.5. The van der Waals surface area contributed by atoms with Crippen LogP contribution >= 0.6 is 15.9 Å². The van der Waals surface area contributed by atoms with Gasteiger partial charge in [-0.15, -0.1) is 0 Å². The highest BCUT2D eigenvalue weighted by Gasteiger charge is 2.54. The summed E-state index contributed by atoms with van der Waals surface area (Å²) in [7, 11) is 3.16. The first-order valence-corrected chi connectivity index (χ1v) is 8.59. The molecule has 1 amide bonds. The molecule has 0 unspecified atom stereocenters. The Balaban J connectivity index is 2.10. The number of carbonyl (C=O) groups is 1. The van der Waals surface area contributed by atoms with Gasteiger partial charge in [0.25, 0.3) is 0 Å². The molecule has 2 fully saturated rings. The zero-order chi connectivity index (χ0) is 18.4. The van der Waals surface area contributed by atoms with E-state index >= 15 is 0 Å². The van der Waals surface area contributed by atoms with Crippen LogP contribution in [0, 0.1) is 17.6 Å². The Morgan fingerprint density at radius 2 is 2.20 bits per heavy atom. The van der Waals surface area contributed by atoms with Crippen molar-refractivity contribution < 1.29 is 23.0 Å². The molecular formula is C17H19BrF2N2O3. The van der Waals surface area contributed by atoms with Gasteiger partial charge in [-0.1, -0.05) is 6.58 Å². The lowest BCUT2D eigenvalue weighted by Crippen LogP contribution is -2.66. The normalized spacial score (nSPS) is 29.4. The molecule has 0 radical (unpaired) electrons. The summed E-state index contributed by atoms with van der Waals surface area (Å²) in [5, 5.41) is 3.14. The molecule has 1 N–H and O–H groups in total. The number of hydrogen-bond acceptors (Lipinski definition) is 4. The second-order valence-electron chi connectivity index (χ2n) is 6.36. The number of rotatable bonds is 3. The van der Waals surface area contributed by atoms with E-state index < -0.39 is 23.1 Å². The van der Waals surface area contributed by atoms with Gasteiger partial charge in [0.1, 0.15) is 23.0 Å². The minimum Gasteiger partial charge on any atom is -0.382 e. The van der Waals surface area contributed by atoms with E-state index in [0.717, 1.165) is 6.07 Å². The van der Waals surface area contributed by atoms with Crippen molar-refractivity contribution in [1.29, 1.82) is 0 Å². The molecule has 25 heavy (non-hydrogen) atoms. The van der Waals surface area contributed by atoms with E-state index in [2.05, 4.69) is 27.8 Å². The van der Waals surface area contributed by atoms with Crippen molar-refractivity contribution in [2.45, 2.75) is 18.1 Å². The Morgan fingerprint density at radius 3 is 2.88 bits per heavy atom. The molecule has 1 aromatic rings.